The maximum atomic E-state index is 12.3. The molecule has 0 radical (unpaired) electrons. The predicted molar refractivity (Wildman–Crippen MR) is 103 cm³/mol. The summed E-state index contributed by atoms with van der Waals surface area (Å²) in [5.41, 5.74) is 4.00. The van der Waals surface area contributed by atoms with Crippen LogP contribution in [0.25, 0.3) is 0 Å². The number of carbonyl (C=O) groups excluding carboxylic acids is 2. The summed E-state index contributed by atoms with van der Waals surface area (Å²) in [4.78, 5) is 23.3. The summed E-state index contributed by atoms with van der Waals surface area (Å²) in [5.74, 6) is -0.637. The standard InChI is InChI=1S/C20H20N4O2/c1-13-4-9-19(14(2)10-13)24-20(26)16(11-21)12-22-17-5-7-18(8-6-17)23-15(3)25/h4-10,12,22H,1-3H3,(H,23,25)(H,24,26)/b16-12-. The van der Waals surface area contributed by atoms with Crippen molar-refractivity contribution in [2.75, 3.05) is 16.0 Å². The van der Waals surface area contributed by atoms with E-state index in [1.54, 1.807) is 24.3 Å². The average Bonchev–Trinajstić information content (AvgIpc) is 2.59. The summed E-state index contributed by atoms with van der Waals surface area (Å²) in [6.07, 6.45) is 1.35. The van der Waals surface area contributed by atoms with Gasteiger partial charge in [-0.2, -0.15) is 5.26 Å². The molecule has 0 bridgehead atoms. The molecule has 2 rings (SSSR count). The van der Waals surface area contributed by atoms with Gasteiger partial charge in [-0.1, -0.05) is 17.7 Å². The van der Waals surface area contributed by atoms with Gasteiger partial charge in [0.1, 0.15) is 11.6 Å². The molecule has 0 atom stereocenters. The largest absolute Gasteiger partial charge is 0.360 e. The lowest BCUT2D eigenvalue weighted by molar-refractivity contribution is -0.114. The van der Waals surface area contributed by atoms with E-state index in [4.69, 9.17) is 0 Å². The fraction of sp³-hybridized carbons (Fsp3) is 0.150. The third-order valence-electron chi connectivity index (χ3n) is 3.58. The highest BCUT2D eigenvalue weighted by Gasteiger charge is 2.10. The molecule has 0 saturated heterocycles. The van der Waals surface area contributed by atoms with Crippen LogP contribution in [0.1, 0.15) is 18.1 Å². The summed E-state index contributed by atoms with van der Waals surface area (Å²) in [5, 5.41) is 17.6. The predicted octanol–water partition coefficient (Wildman–Crippen LogP) is 3.72. The Morgan fingerprint density at radius 3 is 2.23 bits per heavy atom. The smallest absolute Gasteiger partial charge is 0.267 e. The molecule has 0 aromatic heterocycles. The number of aryl methyl sites for hydroxylation is 2. The molecule has 2 amide bonds. The molecule has 0 aliphatic carbocycles. The molecular weight excluding hydrogens is 328 g/mol. The van der Waals surface area contributed by atoms with Crippen molar-refractivity contribution in [2.45, 2.75) is 20.8 Å². The van der Waals surface area contributed by atoms with E-state index in [1.165, 1.54) is 13.1 Å². The molecule has 2 aromatic carbocycles. The van der Waals surface area contributed by atoms with Crippen molar-refractivity contribution < 1.29 is 9.59 Å². The number of benzene rings is 2. The minimum atomic E-state index is -0.484. The Hall–Kier alpha value is -3.59. The zero-order chi connectivity index (χ0) is 19.1. The molecule has 0 aliphatic heterocycles. The van der Waals surface area contributed by atoms with Crippen LogP contribution >= 0.6 is 0 Å². The first-order chi connectivity index (χ1) is 12.4. The third kappa shape index (κ3) is 5.21. The van der Waals surface area contributed by atoms with Gasteiger partial charge in [0.05, 0.1) is 0 Å². The number of nitrogens with one attached hydrogen (secondary N) is 3. The maximum Gasteiger partial charge on any atom is 0.267 e. The Morgan fingerprint density at radius 2 is 1.65 bits per heavy atom. The van der Waals surface area contributed by atoms with Gasteiger partial charge in [-0.05, 0) is 49.7 Å². The summed E-state index contributed by atoms with van der Waals surface area (Å²) in [7, 11) is 0. The number of rotatable bonds is 5. The maximum absolute atomic E-state index is 12.3. The highest BCUT2D eigenvalue weighted by molar-refractivity contribution is 6.07. The van der Waals surface area contributed by atoms with Crippen LogP contribution in [0.4, 0.5) is 17.1 Å². The first-order valence-corrected chi connectivity index (χ1v) is 8.02. The van der Waals surface area contributed by atoms with Crippen molar-refractivity contribution in [1.29, 1.82) is 5.26 Å². The van der Waals surface area contributed by atoms with E-state index in [0.717, 1.165) is 11.1 Å². The first kappa shape index (κ1) is 18.7. The number of anilines is 3. The summed E-state index contributed by atoms with van der Waals surface area (Å²) >= 11 is 0. The van der Waals surface area contributed by atoms with Gasteiger partial charge in [0, 0.05) is 30.2 Å². The Balaban J connectivity index is 2.06. The zero-order valence-corrected chi connectivity index (χ0v) is 14.9. The van der Waals surface area contributed by atoms with Crippen LogP contribution in [0.3, 0.4) is 0 Å². The van der Waals surface area contributed by atoms with E-state index >= 15 is 0 Å². The number of hydrogen-bond acceptors (Lipinski definition) is 4. The lowest BCUT2D eigenvalue weighted by Gasteiger charge is -2.09. The minimum absolute atomic E-state index is 0.0455. The Labute approximate surface area is 152 Å². The van der Waals surface area contributed by atoms with Crippen molar-refractivity contribution in [2.24, 2.45) is 0 Å². The summed E-state index contributed by atoms with van der Waals surface area (Å²) < 4.78 is 0. The lowest BCUT2D eigenvalue weighted by atomic mass is 10.1. The summed E-state index contributed by atoms with van der Waals surface area (Å²) in [6.45, 7) is 5.30. The molecule has 0 unspecified atom stereocenters. The third-order valence-corrected chi connectivity index (χ3v) is 3.58. The van der Waals surface area contributed by atoms with Crippen LogP contribution in [-0.4, -0.2) is 11.8 Å². The molecular formula is C20H20N4O2. The number of carbonyl (C=O) groups is 2. The summed E-state index contributed by atoms with van der Waals surface area (Å²) in [6, 6.07) is 14.5. The SMILES string of the molecule is CC(=O)Nc1ccc(N/C=C(/C#N)C(=O)Nc2ccc(C)cc2C)cc1. The molecule has 0 fully saturated rings. The van der Waals surface area contributed by atoms with Crippen LogP contribution in [0.2, 0.25) is 0 Å². The molecule has 26 heavy (non-hydrogen) atoms. The molecule has 0 aliphatic rings. The van der Waals surface area contributed by atoms with Crippen molar-refractivity contribution >= 4 is 28.9 Å². The highest BCUT2D eigenvalue weighted by atomic mass is 16.2. The Kier molecular flexibility index (Phi) is 6.12. The van der Waals surface area contributed by atoms with E-state index in [9.17, 15) is 14.9 Å². The number of nitriles is 1. The van der Waals surface area contributed by atoms with Crippen molar-refractivity contribution in [3.8, 4) is 6.07 Å². The highest BCUT2D eigenvalue weighted by Crippen LogP contribution is 2.17. The van der Waals surface area contributed by atoms with Gasteiger partial charge in [-0.25, -0.2) is 0 Å². The fourth-order valence-electron chi connectivity index (χ4n) is 2.30. The van der Waals surface area contributed by atoms with Crippen LogP contribution in [0.15, 0.2) is 54.2 Å². The monoisotopic (exact) mass is 348 g/mol. The van der Waals surface area contributed by atoms with E-state index in [0.29, 0.717) is 17.1 Å². The van der Waals surface area contributed by atoms with E-state index in [-0.39, 0.29) is 11.5 Å². The van der Waals surface area contributed by atoms with Crippen LogP contribution in [0, 0.1) is 25.2 Å². The van der Waals surface area contributed by atoms with E-state index < -0.39 is 5.91 Å². The molecule has 3 N–H and O–H groups in total. The van der Waals surface area contributed by atoms with Crippen molar-refractivity contribution in [1.82, 2.24) is 0 Å². The van der Waals surface area contributed by atoms with E-state index in [1.807, 2.05) is 38.1 Å². The second-order valence-corrected chi connectivity index (χ2v) is 5.85. The normalized spacial score (nSPS) is 10.6. The second-order valence-electron chi connectivity index (χ2n) is 5.85. The zero-order valence-electron chi connectivity index (χ0n) is 14.9. The van der Waals surface area contributed by atoms with Gasteiger partial charge in [0.2, 0.25) is 5.91 Å². The molecule has 6 heteroatoms. The van der Waals surface area contributed by atoms with Crippen LogP contribution in [0.5, 0.6) is 0 Å². The van der Waals surface area contributed by atoms with Gasteiger partial charge in [-0.3, -0.25) is 9.59 Å². The number of nitrogens with zero attached hydrogens (tertiary/aromatic N) is 1. The van der Waals surface area contributed by atoms with E-state index in [2.05, 4.69) is 16.0 Å². The van der Waals surface area contributed by atoms with Crippen LogP contribution in [-0.2, 0) is 9.59 Å². The Morgan fingerprint density at radius 1 is 1.00 bits per heavy atom. The topological polar surface area (TPSA) is 94.0 Å². The molecule has 0 spiro atoms. The molecule has 132 valence electrons. The van der Waals surface area contributed by atoms with Crippen molar-refractivity contribution in [3.05, 3.63) is 65.4 Å². The molecule has 0 saturated carbocycles. The fourth-order valence-corrected chi connectivity index (χ4v) is 2.30. The molecule has 0 heterocycles. The van der Waals surface area contributed by atoms with Crippen LogP contribution < -0.4 is 16.0 Å². The number of amides is 2. The molecule has 6 nitrogen and oxygen atoms in total. The Bertz CT molecular complexity index is 893. The van der Waals surface area contributed by atoms with Gasteiger partial charge in [0.15, 0.2) is 0 Å². The van der Waals surface area contributed by atoms with Crippen molar-refractivity contribution in [3.63, 3.8) is 0 Å². The van der Waals surface area contributed by atoms with Gasteiger partial charge in [-0.15, -0.1) is 0 Å². The van der Waals surface area contributed by atoms with Gasteiger partial charge >= 0.3 is 0 Å². The lowest BCUT2D eigenvalue weighted by Crippen LogP contribution is -2.15. The molecule has 2 aromatic rings. The second kappa shape index (κ2) is 8.49. The average molecular weight is 348 g/mol. The minimum Gasteiger partial charge on any atom is -0.360 e. The van der Waals surface area contributed by atoms with Gasteiger partial charge in [0.25, 0.3) is 5.91 Å². The first-order valence-electron chi connectivity index (χ1n) is 8.02. The van der Waals surface area contributed by atoms with Gasteiger partial charge < -0.3 is 16.0 Å². The number of hydrogen-bond donors (Lipinski definition) is 3. The quantitative estimate of drug-likeness (QED) is 0.567.